The standard InChI is InChI=1S/C19H11BrO2/c20-17-10-9-12(13-5-1-2-6-14(13)17)11-18-15-7-3-4-8-16(15)19(21)22-18/h1-11H/b18-11+. The lowest BCUT2D eigenvalue weighted by molar-refractivity contribution is 0.0717. The highest BCUT2D eigenvalue weighted by Gasteiger charge is 2.25. The largest absolute Gasteiger partial charge is 0.422 e. The Labute approximate surface area is 136 Å². The van der Waals surface area contributed by atoms with Crippen molar-refractivity contribution in [2.45, 2.75) is 0 Å². The zero-order valence-electron chi connectivity index (χ0n) is 11.5. The molecule has 1 aliphatic rings. The Balaban J connectivity index is 1.92. The van der Waals surface area contributed by atoms with Crippen LogP contribution < -0.4 is 0 Å². The van der Waals surface area contributed by atoms with Gasteiger partial charge in [0.2, 0.25) is 0 Å². The van der Waals surface area contributed by atoms with Crippen LogP contribution in [0.25, 0.3) is 22.6 Å². The van der Waals surface area contributed by atoms with Gasteiger partial charge in [0.05, 0.1) is 5.56 Å². The number of hydrogen-bond donors (Lipinski definition) is 0. The van der Waals surface area contributed by atoms with Gasteiger partial charge in [0.1, 0.15) is 5.76 Å². The summed E-state index contributed by atoms with van der Waals surface area (Å²) in [6, 6.07) is 19.6. The molecule has 0 N–H and O–H groups in total. The highest BCUT2D eigenvalue weighted by atomic mass is 79.9. The number of cyclic esters (lactones) is 1. The van der Waals surface area contributed by atoms with Crippen molar-refractivity contribution >= 4 is 44.5 Å². The molecule has 0 aliphatic carbocycles. The third-order valence-electron chi connectivity index (χ3n) is 3.81. The molecule has 0 bridgehead atoms. The van der Waals surface area contributed by atoms with Gasteiger partial charge in [-0.2, -0.15) is 0 Å². The van der Waals surface area contributed by atoms with Gasteiger partial charge in [-0.3, -0.25) is 0 Å². The van der Waals surface area contributed by atoms with Gasteiger partial charge in [0, 0.05) is 10.0 Å². The molecule has 1 heterocycles. The zero-order valence-corrected chi connectivity index (χ0v) is 13.1. The quantitative estimate of drug-likeness (QED) is 0.558. The smallest absolute Gasteiger partial charge is 0.344 e. The average Bonchev–Trinajstić information content (AvgIpc) is 2.87. The number of ether oxygens (including phenoxy) is 1. The van der Waals surface area contributed by atoms with E-state index in [0.29, 0.717) is 11.3 Å². The summed E-state index contributed by atoms with van der Waals surface area (Å²) in [6.45, 7) is 0. The maximum Gasteiger partial charge on any atom is 0.344 e. The van der Waals surface area contributed by atoms with Crippen LogP contribution >= 0.6 is 15.9 Å². The van der Waals surface area contributed by atoms with Crippen molar-refractivity contribution in [1.82, 2.24) is 0 Å². The third kappa shape index (κ3) is 2.06. The molecular formula is C19H11BrO2. The first-order valence-electron chi connectivity index (χ1n) is 6.94. The fraction of sp³-hybridized carbons (Fsp3) is 0. The van der Waals surface area contributed by atoms with Crippen LogP contribution in [0.5, 0.6) is 0 Å². The lowest BCUT2D eigenvalue weighted by atomic mass is 10.0. The van der Waals surface area contributed by atoms with Gasteiger partial charge in [-0.15, -0.1) is 0 Å². The van der Waals surface area contributed by atoms with Crippen LogP contribution in [0.4, 0.5) is 0 Å². The van der Waals surface area contributed by atoms with Gasteiger partial charge in [-0.1, -0.05) is 64.5 Å². The maximum absolute atomic E-state index is 11.9. The van der Waals surface area contributed by atoms with Gasteiger partial charge < -0.3 is 4.74 Å². The predicted molar refractivity (Wildman–Crippen MR) is 91.4 cm³/mol. The average molecular weight is 351 g/mol. The molecule has 1 aliphatic heterocycles. The summed E-state index contributed by atoms with van der Waals surface area (Å²) in [6.07, 6.45) is 1.93. The Hall–Kier alpha value is -2.39. The van der Waals surface area contributed by atoms with Crippen LogP contribution in [-0.4, -0.2) is 5.97 Å². The highest BCUT2D eigenvalue weighted by molar-refractivity contribution is 9.10. The molecule has 0 saturated heterocycles. The highest BCUT2D eigenvalue weighted by Crippen LogP contribution is 2.34. The topological polar surface area (TPSA) is 26.3 Å². The first kappa shape index (κ1) is 13.3. The molecule has 4 rings (SSSR count). The molecule has 0 spiro atoms. The molecule has 3 heteroatoms. The van der Waals surface area contributed by atoms with Crippen molar-refractivity contribution < 1.29 is 9.53 Å². The van der Waals surface area contributed by atoms with E-state index in [-0.39, 0.29) is 5.97 Å². The van der Waals surface area contributed by atoms with Crippen LogP contribution in [0.1, 0.15) is 21.5 Å². The van der Waals surface area contributed by atoms with Gasteiger partial charge in [-0.25, -0.2) is 4.79 Å². The summed E-state index contributed by atoms with van der Waals surface area (Å²) < 4.78 is 6.48. The van der Waals surface area contributed by atoms with Crippen LogP contribution in [0.2, 0.25) is 0 Å². The van der Waals surface area contributed by atoms with Crippen LogP contribution in [-0.2, 0) is 4.74 Å². The van der Waals surface area contributed by atoms with E-state index >= 15 is 0 Å². The molecule has 0 aromatic heterocycles. The number of hydrogen-bond acceptors (Lipinski definition) is 2. The summed E-state index contributed by atoms with van der Waals surface area (Å²) in [7, 11) is 0. The van der Waals surface area contributed by atoms with E-state index in [1.807, 2.05) is 48.5 Å². The minimum absolute atomic E-state index is 0.289. The lowest BCUT2D eigenvalue weighted by Crippen LogP contribution is -1.92. The van der Waals surface area contributed by atoms with E-state index in [1.54, 1.807) is 6.07 Å². The first-order valence-corrected chi connectivity index (χ1v) is 7.74. The molecule has 0 amide bonds. The van der Waals surface area contributed by atoms with Crippen LogP contribution in [0.3, 0.4) is 0 Å². The van der Waals surface area contributed by atoms with Crippen LogP contribution in [0, 0.1) is 0 Å². The summed E-state index contributed by atoms with van der Waals surface area (Å²) in [5.74, 6) is 0.316. The van der Waals surface area contributed by atoms with Gasteiger partial charge in [0.15, 0.2) is 0 Å². The predicted octanol–water partition coefficient (Wildman–Crippen LogP) is 5.27. The maximum atomic E-state index is 11.9. The number of halogens is 1. The van der Waals surface area contributed by atoms with Crippen molar-refractivity contribution in [2.75, 3.05) is 0 Å². The Morgan fingerprint density at radius 1 is 0.818 bits per heavy atom. The summed E-state index contributed by atoms with van der Waals surface area (Å²) >= 11 is 3.57. The number of esters is 1. The first-order chi connectivity index (χ1) is 10.7. The molecule has 0 atom stereocenters. The van der Waals surface area contributed by atoms with Crippen LogP contribution in [0.15, 0.2) is 65.1 Å². The van der Waals surface area contributed by atoms with Crippen molar-refractivity contribution in [1.29, 1.82) is 0 Å². The van der Waals surface area contributed by atoms with E-state index in [1.165, 1.54) is 0 Å². The Kier molecular flexibility index (Phi) is 3.09. The van der Waals surface area contributed by atoms with E-state index in [2.05, 4.69) is 28.1 Å². The molecular weight excluding hydrogens is 340 g/mol. The molecule has 0 unspecified atom stereocenters. The summed E-state index contributed by atoms with van der Waals surface area (Å²) in [4.78, 5) is 11.9. The minimum atomic E-state index is -0.289. The number of carbonyl (C=O) groups is 1. The molecule has 0 saturated carbocycles. The molecule has 0 fully saturated rings. The summed E-state index contributed by atoms with van der Waals surface area (Å²) in [5, 5.41) is 2.25. The van der Waals surface area contributed by atoms with Crippen molar-refractivity contribution in [3.8, 4) is 0 Å². The molecule has 3 aromatic rings. The van der Waals surface area contributed by atoms with Gasteiger partial charge in [-0.05, 0) is 34.5 Å². The fourth-order valence-corrected chi connectivity index (χ4v) is 3.22. The Bertz CT molecular complexity index is 941. The Morgan fingerprint density at radius 2 is 1.50 bits per heavy atom. The molecule has 22 heavy (non-hydrogen) atoms. The monoisotopic (exact) mass is 350 g/mol. The van der Waals surface area contributed by atoms with Crippen molar-refractivity contribution in [3.63, 3.8) is 0 Å². The second-order valence-corrected chi connectivity index (χ2v) is 5.98. The number of benzene rings is 3. The van der Waals surface area contributed by atoms with E-state index in [9.17, 15) is 4.79 Å². The SMILES string of the molecule is O=C1O/C(=C/c2ccc(Br)c3ccccc23)c2ccccc21. The lowest BCUT2D eigenvalue weighted by Gasteiger charge is -2.06. The van der Waals surface area contributed by atoms with Crippen molar-refractivity contribution in [2.24, 2.45) is 0 Å². The van der Waals surface area contributed by atoms with E-state index < -0.39 is 0 Å². The molecule has 106 valence electrons. The minimum Gasteiger partial charge on any atom is -0.422 e. The Morgan fingerprint density at radius 3 is 2.32 bits per heavy atom. The van der Waals surface area contributed by atoms with Gasteiger partial charge >= 0.3 is 5.97 Å². The molecule has 3 aromatic carbocycles. The zero-order chi connectivity index (χ0) is 15.1. The van der Waals surface area contributed by atoms with Crippen molar-refractivity contribution in [3.05, 3.63) is 81.8 Å². The van der Waals surface area contributed by atoms with E-state index in [4.69, 9.17) is 4.74 Å². The normalized spacial score (nSPS) is 15.1. The second kappa shape index (κ2) is 5.11. The molecule has 0 radical (unpaired) electrons. The second-order valence-electron chi connectivity index (χ2n) is 5.13. The van der Waals surface area contributed by atoms with Gasteiger partial charge in [0.25, 0.3) is 0 Å². The number of rotatable bonds is 1. The fourth-order valence-electron chi connectivity index (χ4n) is 2.75. The number of fused-ring (bicyclic) bond motifs is 2. The third-order valence-corrected chi connectivity index (χ3v) is 4.50. The van der Waals surface area contributed by atoms with E-state index in [0.717, 1.165) is 26.4 Å². The number of carbonyl (C=O) groups excluding carboxylic acids is 1. The molecule has 2 nitrogen and oxygen atoms in total. The summed E-state index contributed by atoms with van der Waals surface area (Å²) in [5.41, 5.74) is 2.49.